The van der Waals surface area contributed by atoms with Gasteiger partial charge in [0.1, 0.15) is 0 Å². The first kappa shape index (κ1) is 13.2. The normalized spacial score (nSPS) is 11.3. The van der Waals surface area contributed by atoms with Crippen molar-refractivity contribution >= 4 is 0 Å². The van der Waals surface area contributed by atoms with Crippen molar-refractivity contribution in [1.29, 1.82) is 0 Å². The average Bonchev–Trinajstić information content (AvgIpc) is 2.59. The molecule has 0 aliphatic rings. The molecule has 0 aliphatic carbocycles. The van der Waals surface area contributed by atoms with Crippen LogP contribution in [-0.2, 0) is 18.3 Å². The van der Waals surface area contributed by atoms with Crippen LogP contribution in [0.1, 0.15) is 37.4 Å². The minimum absolute atomic E-state index is 0.483. The smallest absolute Gasteiger partial charge is 0.0694 e. The van der Waals surface area contributed by atoms with Crippen LogP contribution in [0.25, 0.3) is 0 Å². The molecule has 1 aromatic heterocycles. The van der Waals surface area contributed by atoms with Crippen molar-refractivity contribution in [1.82, 2.24) is 15.1 Å². The van der Waals surface area contributed by atoms with Crippen LogP contribution < -0.4 is 5.32 Å². The first-order chi connectivity index (χ1) is 7.65. The maximum absolute atomic E-state index is 5.00. The number of ether oxygens (including phenoxy) is 1. The van der Waals surface area contributed by atoms with Crippen molar-refractivity contribution in [2.45, 2.75) is 32.7 Å². The van der Waals surface area contributed by atoms with E-state index in [0.717, 1.165) is 26.1 Å². The largest absolute Gasteiger partial charge is 0.385 e. The molecule has 4 heteroatoms. The van der Waals surface area contributed by atoms with E-state index in [0.29, 0.717) is 5.92 Å². The lowest BCUT2D eigenvalue weighted by atomic mass is 10.1. The Hall–Kier alpha value is -0.870. The number of methoxy groups -OCH3 is 1. The molecule has 16 heavy (non-hydrogen) atoms. The third kappa shape index (κ3) is 3.94. The Labute approximate surface area is 98.0 Å². The van der Waals surface area contributed by atoms with Gasteiger partial charge in [0.25, 0.3) is 0 Å². The molecule has 0 radical (unpaired) electrons. The molecule has 0 atom stereocenters. The van der Waals surface area contributed by atoms with Gasteiger partial charge in [-0.15, -0.1) is 0 Å². The number of hydrogen-bond acceptors (Lipinski definition) is 3. The summed E-state index contributed by atoms with van der Waals surface area (Å²) in [6.45, 7) is 7.05. The van der Waals surface area contributed by atoms with Gasteiger partial charge < -0.3 is 10.1 Å². The summed E-state index contributed by atoms with van der Waals surface area (Å²) in [6, 6.07) is 0. The summed E-state index contributed by atoms with van der Waals surface area (Å²) in [5.74, 6) is 0.483. The molecule has 1 aromatic rings. The van der Waals surface area contributed by atoms with Crippen molar-refractivity contribution in [2.24, 2.45) is 7.05 Å². The summed E-state index contributed by atoms with van der Waals surface area (Å²) in [4.78, 5) is 0. The summed E-state index contributed by atoms with van der Waals surface area (Å²) in [7, 11) is 3.71. The maximum Gasteiger partial charge on any atom is 0.0694 e. The first-order valence-electron chi connectivity index (χ1n) is 5.87. The molecule has 0 spiro atoms. The van der Waals surface area contributed by atoms with E-state index < -0.39 is 0 Å². The Morgan fingerprint density at radius 2 is 2.25 bits per heavy atom. The second-order valence-corrected chi connectivity index (χ2v) is 4.39. The second-order valence-electron chi connectivity index (χ2n) is 4.39. The van der Waals surface area contributed by atoms with Crippen LogP contribution in [0, 0.1) is 0 Å². The van der Waals surface area contributed by atoms with E-state index in [9.17, 15) is 0 Å². The minimum atomic E-state index is 0.483. The highest BCUT2D eigenvalue weighted by atomic mass is 16.5. The zero-order valence-electron chi connectivity index (χ0n) is 10.8. The van der Waals surface area contributed by atoms with Gasteiger partial charge in [0, 0.05) is 39.1 Å². The van der Waals surface area contributed by atoms with Crippen molar-refractivity contribution in [3.8, 4) is 0 Å². The lowest BCUT2D eigenvalue weighted by Crippen LogP contribution is -2.16. The fourth-order valence-electron chi connectivity index (χ4n) is 1.74. The third-order valence-corrected chi connectivity index (χ3v) is 2.50. The summed E-state index contributed by atoms with van der Waals surface area (Å²) < 4.78 is 6.89. The van der Waals surface area contributed by atoms with E-state index in [2.05, 4.69) is 30.5 Å². The number of hydrogen-bond donors (Lipinski definition) is 1. The second kappa shape index (κ2) is 6.66. The lowest BCUT2D eigenvalue weighted by Gasteiger charge is -2.06. The van der Waals surface area contributed by atoms with Gasteiger partial charge >= 0.3 is 0 Å². The predicted molar refractivity (Wildman–Crippen MR) is 65.5 cm³/mol. The number of aryl methyl sites for hydroxylation is 1. The Bertz CT molecular complexity index is 307. The summed E-state index contributed by atoms with van der Waals surface area (Å²) in [5, 5.41) is 7.89. The monoisotopic (exact) mass is 225 g/mol. The number of nitrogens with zero attached hydrogens (tertiary/aromatic N) is 2. The number of nitrogens with one attached hydrogen (secondary N) is 1. The van der Waals surface area contributed by atoms with Gasteiger partial charge in [0.15, 0.2) is 0 Å². The first-order valence-corrected chi connectivity index (χ1v) is 5.87. The van der Waals surface area contributed by atoms with Crippen LogP contribution in [0.5, 0.6) is 0 Å². The Morgan fingerprint density at radius 1 is 1.50 bits per heavy atom. The molecule has 0 saturated carbocycles. The van der Waals surface area contributed by atoms with Gasteiger partial charge in [-0.05, 0) is 18.9 Å². The molecule has 92 valence electrons. The molecule has 0 saturated heterocycles. The van der Waals surface area contributed by atoms with Crippen molar-refractivity contribution in [3.05, 3.63) is 17.5 Å². The van der Waals surface area contributed by atoms with E-state index in [4.69, 9.17) is 4.74 Å². The molecule has 0 bridgehead atoms. The zero-order chi connectivity index (χ0) is 12.0. The molecule has 4 nitrogen and oxygen atoms in total. The Morgan fingerprint density at radius 3 is 2.88 bits per heavy atom. The fourth-order valence-corrected chi connectivity index (χ4v) is 1.74. The highest BCUT2D eigenvalue weighted by Crippen LogP contribution is 2.16. The molecule has 0 amide bonds. The van der Waals surface area contributed by atoms with Crippen LogP contribution in [-0.4, -0.2) is 30.0 Å². The van der Waals surface area contributed by atoms with Gasteiger partial charge in [-0.25, -0.2) is 0 Å². The van der Waals surface area contributed by atoms with Crippen LogP contribution in [0.4, 0.5) is 0 Å². The molecule has 0 unspecified atom stereocenters. The Balaban J connectivity index is 2.40. The lowest BCUT2D eigenvalue weighted by molar-refractivity contribution is 0.194. The van der Waals surface area contributed by atoms with E-state index in [1.165, 1.54) is 11.3 Å². The highest BCUT2D eigenvalue weighted by molar-refractivity contribution is 5.19. The molecule has 1 heterocycles. The molecular weight excluding hydrogens is 202 g/mol. The van der Waals surface area contributed by atoms with E-state index in [1.807, 2.05) is 11.7 Å². The van der Waals surface area contributed by atoms with Crippen molar-refractivity contribution < 1.29 is 4.74 Å². The van der Waals surface area contributed by atoms with Gasteiger partial charge in [0.2, 0.25) is 0 Å². The maximum atomic E-state index is 5.00. The van der Waals surface area contributed by atoms with Crippen molar-refractivity contribution in [3.63, 3.8) is 0 Å². The topological polar surface area (TPSA) is 39.1 Å². The van der Waals surface area contributed by atoms with Gasteiger partial charge in [-0.2, -0.15) is 5.10 Å². The van der Waals surface area contributed by atoms with Crippen LogP contribution in [0.3, 0.4) is 0 Å². The van der Waals surface area contributed by atoms with Gasteiger partial charge in [-0.3, -0.25) is 4.68 Å². The molecule has 0 aromatic carbocycles. The number of aromatic nitrogens is 2. The standard InChI is InChI=1S/C12H23N3O/c1-10(2)12-11(9-15(3)14-12)8-13-6-5-7-16-4/h9-10,13H,5-8H2,1-4H3. The molecule has 1 rings (SSSR count). The summed E-state index contributed by atoms with van der Waals surface area (Å²) >= 11 is 0. The molecule has 1 N–H and O–H groups in total. The van der Waals surface area contributed by atoms with E-state index in [1.54, 1.807) is 7.11 Å². The highest BCUT2D eigenvalue weighted by Gasteiger charge is 2.10. The van der Waals surface area contributed by atoms with Gasteiger partial charge in [-0.1, -0.05) is 13.8 Å². The van der Waals surface area contributed by atoms with Crippen LogP contribution in [0.2, 0.25) is 0 Å². The zero-order valence-corrected chi connectivity index (χ0v) is 10.8. The van der Waals surface area contributed by atoms with E-state index >= 15 is 0 Å². The SMILES string of the molecule is COCCCNCc1cn(C)nc1C(C)C. The average molecular weight is 225 g/mol. The van der Waals surface area contributed by atoms with Gasteiger partial charge in [0.05, 0.1) is 5.69 Å². The molecule has 0 aliphatic heterocycles. The summed E-state index contributed by atoms with van der Waals surface area (Å²) in [6.07, 6.45) is 3.15. The summed E-state index contributed by atoms with van der Waals surface area (Å²) in [5.41, 5.74) is 2.50. The van der Waals surface area contributed by atoms with Crippen LogP contribution in [0.15, 0.2) is 6.20 Å². The van der Waals surface area contributed by atoms with Crippen molar-refractivity contribution in [2.75, 3.05) is 20.3 Å². The van der Waals surface area contributed by atoms with E-state index in [-0.39, 0.29) is 0 Å². The quantitative estimate of drug-likeness (QED) is 0.717. The fraction of sp³-hybridized carbons (Fsp3) is 0.750. The predicted octanol–water partition coefficient (Wildman–Crippen LogP) is 1.67. The third-order valence-electron chi connectivity index (χ3n) is 2.50. The van der Waals surface area contributed by atoms with Crippen LogP contribution >= 0.6 is 0 Å². The Kier molecular flexibility index (Phi) is 5.49. The number of rotatable bonds is 7. The molecular formula is C12H23N3O. The molecule has 0 fully saturated rings. The minimum Gasteiger partial charge on any atom is -0.385 e.